The average molecular weight is 489 g/mol. The van der Waals surface area contributed by atoms with Gasteiger partial charge in [0.15, 0.2) is 5.96 Å². The van der Waals surface area contributed by atoms with Gasteiger partial charge in [0, 0.05) is 37.3 Å². The van der Waals surface area contributed by atoms with Crippen LogP contribution in [0.1, 0.15) is 32.8 Å². The van der Waals surface area contributed by atoms with E-state index in [9.17, 15) is 4.79 Å². The minimum absolute atomic E-state index is 0. The Hall–Kier alpha value is -1.39. The summed E-state index contributed by atoms with van der Waals surface area (Å²) >= 11 is 0. The first-order chi connectivity index (χ1) is 12.3. The van der Waals surface area contributed by atoms with E-state index < -0.39 is 0 Å². The van der Waals surface area contributed by atoms with Crippen LogP contribution in [0.3, 0.4) is 0 Å². The molecule has 0 radical (unpaired) electrons. The molecule has 7 nitrogen and oxygen atoms in total. The van der Waals surface area contributed by atoms with E-state index in [1.54, 1.807) is 0 Å². The van der Waals surface area contributed by atoms with Crippen LogP contribution >= 0.6 is 24.0 Å². The second-order valence-electron chi connectivity index (χ2n) is 7.53. The van der Waals surface area contributed by atoms with Crippen molar-refractivity contribution in [3.63, 3.8) is 0 Å². The number of amides is 1. The second kappa shape index (κ2) is 11.5. The second-order valence-corrected chi connectivity index (χ2v) is 7.53. The van der Waals surface area contributed by atoms with E-state index in [4.69, 9.17) is 10.5 Å². The first kappa shape index (κ1) is 23.6. The van der Waals surface area contributed by atoms with Gasteiger partial charge < -0.3 is 21.1 Å². The van der Waals surface area contributed by atoms with Crippen molar-refractivity contribution in [1.29, 1.82) is 0 Å². The number of rotatable bonds is 6. The maximum Gasteiger partial charge on any atom is 0.225 e. The van der Waals surface area contributed by atoms with Gasteiger partial charge in [0.1, 0.15) is 0 Å². The molecule has 152 valence electrons. The normalized spacial score (nSPS) is 15.7. The number of halogens is 1. The predicted octanol–water partition coefficient (Wildman–Crippen LogP) is 2.17. The van der Waals surface area contributed by atoms with Gasteiger partial charge in [0.25, 0.3) is 0 Å². The van der Waals surface area contributed by atoms with Crippen LogP contribution in [0.25, 0.3) is 0 Å². The number of morpholine rings is 1. The molecule has 0 bridgehead atoms. The molecule has 0 spiro atoms. The summed E-state index contributed by atoms with van der Waals surface area (Å²) in [5.41, 5.74) is 7.55. The Morgan fingerprint density at radius 3 is 2.67 bits per heavy atom. The van der Waals surface area contributed by atoms with E-state index >= 15 is 0 Å². The molecular formula is C19H32IN5O2. The summed E-state index contributed by atoms with van der Waals surface area (Å²) in [6, 6.07) is 7.70. The Balaban J connectivity index is 0.00000364. The third kappa shape index (κ3) is 9.92. The van der Waals surface area contributed by atoms with Gasteiger partial charge in [0.05, 0.1) is 19.8 Å². The largest absolute Gasteiger partial charge is 0.379 e. The van der Waals surface area contributed by atoms with Crippen molar-refractivity contribution in [2.45, 2.75) is 39.3 Å². The Bertz CT molecular complexity index is 625. The minimum Gasteiger partial charge on any atom is -0.379 e. The van der Waals surface area contributed by atoms with Gasteiger partial charge in [-0.25, -0.2) is 4.99 Å². The first-order valence-corrected chi connectivity index (χ1v) is 9.09. The SMILES string of the molecule is CC(C)(C)NC(N)=NCc1cccc(NC(=O)CCN2CCOCC2)c1.I. The topological polar surface area (TPSA) is 92.0 Å². The third-order valence-corrected chi connectivity index (χ3v) is 3.90. The summed E-state index contributed by atoms with van der Waals surface area (Å²) in [6.07, 6.45) is 0.477. The zero-order chi connectivity index (χ0) is 19.0. The molecule has 1 aromatic rings. The lowest BCUT2D eigenvalue weighted by Crippen LogP contribution is -2.44. The lowest BCUT2D eigenvalue weighted by molar-refractivity contribution is -0.116. The molecule has 0 unspecified atom stereocenters. The smallest absolute Gasteiger partial charge is 0.225 e. The molecule has 4 N–H and O–H groups in total. The fraction of sp³-hybridized carbons (Fsp3) is 0.579. The molecule has 1 aromatic carbocycles. The van der Waals surface area contributed by atoms with E-state index in [2.05, 4.69) is 20.5 Å². The minimum atomic E-state index is -0.121. The summed E-state index contributed by atoms with van der Waals surface area (Å²) in [6.45, 7) is 10.6. The average Bonchev–Trinajstić information content (AvgIpc) is 2.58. The van der Waals surface area contributed by atoms with Gasteiger partial charge in [0.2, 0.25) is 5.91 Å². The molecule has 1 fully saturated rings. The third-order valence-electron chi connectivity index (χ3n) is 3.90. The number of nitrogens with zero attached hydrogens (tertiary/aromatic N) is 2. The molecule has 1 heterocycles. The molecule has 0 aromatic heterocycles. The fourth-order valence-corrected chi connectivity index (χ4v) is 2.66. The van der Waals surface area contributed by atoms with Crippen molar-refractivity contribution in [2.24, 2.45) is 10.7 Å². The fourth-order valence-electron chi connectivity index (χ4n) is 2.66. The Morgan fingerprint density at radius 1 is 1.30 bits per heavy atom. The standard InChI is InChI=1S/C19H31N5O2.HI/c1-19(2,3)23-18(20)21-14-15-5-4-6-16(13-15)22-17(25)7-8-24-9-11-26-12-10-24;/h4-6,13H,7-12,14H2,1-3H3,(H,22,25)(H3,20,21,23);1H. The molecule has 1 amide bonds. The number of aliphatic imine (C=N–C) groups is 1. The molecule has 27 heavy (non-hydrogen) atoms. The van der Waals surface area contributed by atoms with Crippen LogP contribution in [0.5, 0.6) is 0 Å². The molecule has 1 aliphatic heterocycles. The summed E-state index contributed by atoms with van der Waals surface area (Å²) < 4.78 is 5.32. The predicted molar refractivity (Wildman–Crippen MR) is 121 cm³/mol. The van der Waals surface area contributed by atoms with Crippen molar-refractivity contribution in [3.05, 3.63) is 29.8 Å². The highest BCUT2D eigenvalue weighted by Crippen LogP contribution is 2.12. The van der Waals surface area contributed by atoms with E-state index in [1.165, 1.54) is 0 Å². The highest BCUT2D eigenvalue weighted by atomic mass is 127. The summed E-state index contributed by atoms with van der Waals surface area (Å²) in [5, 5.41) is 6.08. The van der Waals surface area contributed by atoms with Gasteiger partial charge in [-0.15, -0.1) is 24.0 Å². The lowest BCUT2D eigenvalue weighted by Gasteiger charge is -2.26. The maximum atomic E-state index is 12.2. The monoisotopic (exact) mass is 489 g/mol. The quantitative estimate of drug-likeness (QED) is 0.324. The van der Waals surface area contributed by atoms with Crippen LogP contribution < -0.4 is 16.4 Å². The van der Waals surface area contributed by atoms with E-state index in [0.29, 0.717) is 18.9 Å². The number of nitrogens with two attached hydrogens (primary N) is 1. The number of ether oxygens (including phenoxy) is 1. The zero-order valence-electron chi connectivity index (χ0n) is 16.5. The van der Waals surface area contributed by atoms with Gasteiger partial charge in [-0.3, -0.25) is 9.69 Å². The summed E-state index contributed by atoms with van der Waals surface area (Å²) in [7, 11) is 0. The van der Waals surface area contributed by atoms with E-state index in [-0.39, 0.29) is 35.4 Å². The van der Waals surface area contributed by atoms with Crippen LogP contribution in [0.15, 0.2) is 29.3 Å². The Kier molecular flexibility index (Phi) is 10.0. The lowest BCUT2D eigenvalue weighted by atomic mass is 10.1. The number of hydrogen-bond acceptors (Lipinski definition) is 4. The number of carbonyl (C=O) groups is 1. The van der Waals surface area contributed by atoms with Crippen molar-refractivity contribution < 1.29 is 9.53 Å². The molecule has 0 atom stereocenters. The molecule has 0 saturated carbocycles. The molecule has 8 heteroatoms. The van der Waals surface area contributed by atoms with Crippen molar-refractivity contribution in [1.82, 2.24) is 10.2 Å². The highest BCUT2D eigenvalue weighted by Gasteiger charge is 2.12. The summed E-state index contributed by atoms with van der Waals surface area (Å²) in [5.74, 6) is 0.434. The zero-order valence-corrected chi connectivity index (χ0v) is 18.8. The van der Waals surface area contributed by atoms with Crippen LogP contribution in [-0.2, 0) is 16.1 Å². The van der Waals surface area contributed by atoms with Gasteiger partial charge in [-0.1, -0.05) is 12.1 Å². The van der Waals surface area contributed by atoms with Crippen LogP contribution in [0, 0.1) is 0 Å². The van der Waals surface area contributed by atoms with Crippen molar-refractivity contribution in [3.8, 4) is 0 Å². The molecule has 1 aliphatic rings. The Morgan fingerprint density at radius 2 is 2.00 bits per heavy atom. The highest BCUT2D eigenvalue weighted by molar-refractivity contribution is 14.0. The van der Waals surface area contributed by atoms with Crippen molar-refractivity contribution in [2.75, 3.05) is 38.2 Å². The van der Waals surface area contributed by atoms with Crippen LogP contribution in [0.2, 0.25) is 0 Å². The molecule has 1 saturated heterocycles. The molecular weight excluding hydrogens is 457 g/mol. The van der Waals surface area contributed by atoms with Crippen LogP contribution in [-0.4, -0.2) is 55.2 Å². The van der Waals surface area contributed by atoms with Gasteiger partial charge >= 0.3 is 0 Å². The molecule has 2 rings (SSSR count). The summed E-state index contributed by atoms with van der Waals surface area (Å²) in [4.78, 5) is 18.8. The molecule has 0 aliphatic carbocycles. The van der Waals surface area contributed by atoms with Crippen molar-refractivity contribution >= 4 is 41.5 Å². The van der Waals surface area contributed by atoms with Gasteiger partial charge in [-0.2, -0.15) is 0 Å². The van der Waals surface area contributed by atoms with Gasteiger partial charge in [-0.05, 0) is 38.5 Å². The number of hydrogen-bond donors (Lipinski definition) is 3. The number of nitrogens with one attached hydrogen (secondary N) is 2. The van der Waals surface area contributed by atoms with Crippen LogP contribution in [0.4, 0.5) is 5.69 Å². The number of anilines is 1. The number of benzene rings is 1. The number of guanidine groups is 1. The van der Waals surface area contributed by atoms with E-state index in [0.717, 1.165) is 44.1 Å². The Labute approximate surface area is 179 Å². The van der Waals surface area contributed by atoms with E-state index in [1.807, 2.05) is 45.0 Å². The number of carbonyl (C=O) groups excluding carboxylic acids is 1. The maximum absolute atomic E-state index is 12.2. The first-order valence-electron chi connectivity index (χ1n) is 9.09.